The van der Waals surface area contributed by atoms with Gasteiger partial charge >= 0.3 is 11.9 Å². The van der Waals surface area contributed by atoms with E-state index < -0.39 is 54.7 Å². The third kappa shape index (κ3) is 3.80. The van der Waals surface area contributed by atoms with Crippen LogP contribution in [0.5, 0.6) is 0 Å². The molecule has 144 valence electrons. The first-order valence-corrected chi connectivity index (χ1v) is 8.50. The van der Waals surface area contributed by atoms with Crippen molar-refractivity contribution >= 4 is 11.9 Å². The van der Waals surface area contributed by atoms with Gasteiger partial charge in [-0.05, 0) is 0 Å². The molecule has 9 nitrogen and oxygen atoms in total. The molecule has 2 aliphatic heterocycles. The van der Waals surface area contributed by atoms with Crippen LogP contribution in [0.15, 0.2) is 0 Å². The van der Waals surface area contributed by atoms with Gasteiger partial charge in [0, 0.05) is 49.1 Å². The van der Waals surface area contributed by atoms with Gasteiger partial charge in [-0.2, -0.15) is 0 Å². The zero-order valence-electron chi connectivity index (χ0n) is 14.5. The third-order valence-corrected chi connectivity index (χ3v) is 5.85. The van der Waals surface area contributed by atoms with E-state index in [1.54, 1.807) is 6.92 Å². The van der Waals surface area contributed by atoms with Crippen LogP contribution in [-0.2, 0) is 9.59 Å². The second-order valence-electron chi connectivity index (χ2n) is 7.37. The van der Waals surface area contributed by atoms with Crippen LogP contribution in [-0.4, -0.2) is 105 Å². The van der Waals surface area contributed by atoms with Crippen molar-refractivity contribution in [1.82, 2.24) is 9.80 Å². The molecule has 0 aromatic rings. The average molecular weight is 360 g/mol. The maximum Gasteiger partial charge on any atom is 0.304 e. The highest BCUT2D eigenvalue weighted by Gasteiger charge is 2.62. The second-order valence-corrected chi connectivity index (χ2v) is 7.37. The van der Waals surface area contributed by atoms with E-state index in [1.165, 1.54) is 0 Å². The van der Waals surface area contributed by atoms with Gasteiger partial charge in [0.1, 0.15) is 0 Å². The van der Waals surface area contributed by atoms with Gasteiger partial charge < -0.3 is 25.5 Å². The molecule has 5 N–H and O–H groups in total. The molecule has 0 aromatic heterocycles. The number of carbonyl (C=O) groups is 2. The molecule has 2 fully saturated rings. The monoisotopic (exact) mass is 360 g/mol. The first-order valence-electron chi connectivity index (χ1n) is 8.50. The Labute approximate surface area is 146 Å². The number of carboxylic acid groups (broad SMARTS) is 2. The lowest BCUT2D eigenvalue weighted by atomic mass is 9.56. The summed E-state index contributed by atoms with van der Waals surface area (Å²) in [6.45, 7) is 2.67. The van der Waals surface area contributed by atoms with E-state index in [2.05, 4.69) is 0 Å². The molecule has 0 amide bonds. The molecule has 2 heterocycles. The third-order valence-electron chi connectivity index (χ3n) is 5.85. The average Bonchev–Trinajstić information content (AvgIpc) is 3.45. The first kappa shape index (κ1) is 20.1. The fourth-order valence-electron chi connectivity index (χ4n) is 4.12. The zero-order chi connectivity index (χ0) is 18.8. The van der Waals surface area contributed by atoms with Crippen LogP contribution in [0.2, 0.25) is 0 Å². The first-order chi connectivity index (χ1) is 11.8. The standard InChI is InChI=1S/C16H28N2O7/c1-15(8-19,9-20)16(10-21,11(6-13(22)23)17-2-3-17)12(7-14(24)25)18-4-5-18/h11-12,19-21H,2-10H2,1H3,(H,22,23)(H,24,25). The Kier molecular flexibility index (Phi) is 6.05. The fourth-order valence-corrected chi connectivity index (χ4v) is 4.12. The minimum atomic E-state index is -1.29. The number of hydrogen-bond donors (Lipinski definition) is 5. The Bertz CT molecular complexity index is 469. The summed E-state index contributed by atoms with van der Waals surface area (Å²) in [7, 11) is 0. The van der Waals surface area contributed by atoms with E-state index >= 15 is 0 Å². The van der Waals surface area contributed by atoms with E-state index in [1.807, 2.05) is 9.80 Å². The summed E-state index contributed by atoms with van der Waals surface area (Å²) in [5.74, 6) is -2.12. The predicted octanol–water partition coefficient (Wildman–Crippen LogP) is -1.73. The number of aliphatic hydroxyl groups is 3. The smallest absolute Gasteiger partial charge is 0.304 e. The van der Waals surface area contributed by atoms with Crippen LogP contribution in [0.25, 0.3) is 0 Å². The molecule has 2 rings (SSSR count). The number of hydrogen-bond acceptors (Lipinski definition) is 7. The molecular weight excluding hydrogens is 332 g/mol. The van der Waals surface area contributed by atoms with Gasteiger partial charge in [0.05, 0.1) is 32.7 Å². The number of aliphatic carboxylic acids is 2. The van der Waals surface area contributed by atoms with E-state index in [0.717, 1.165) is 0 Å². The summed E-state index contributed by atoms with van der Waals surface area (Å²) >= 11 is 0. The quantitative estimate of drug-likeness (QED) is 0.257. The SMILES string of the molecule is CC(CO)(CO)C(CO)(C(CC(=O)O)N1CC1)C(CC(=O)O)N1CC1. The molecule has 0 saturated carbocycles. The van der Waals surface area contributed by atoms with Crippen molar-refractivity contribution in [1.29, 1.82) is 0 Å². The fraction of sp³-hybridized carbons (Fsp3) is 0.875. The van der Waals surface area contributed by atoms with Gasteiger partial charge in [-0.15, -0.1) is 0 Å². The summed E-state index contributed by atoms with van der Waals surface area (Å²) in [5.41, 5.74) is -2.53. The summed E-state index contributed by atoms with van der Waals surface area (Å²) in [6, 6.07) is -1.35. The van der Waals surface area contributed by atoms with Crippen molar-refractivity contribution in [3.8, 4) is 0 Å². The van der Waals surface area contributed by atoms with E-state index in [-0.39, 0.29) is 12.8 Å². The van der Waals surface area contributed by atoms with Crippen LogP contribution in [0.4, 0.5) is 0 Å². The van der Waals surface area contributed by atoms with E-state index in [9.17, 15) is 35.1 Å². The molecule has 0 aromatic carbocycles. The molecule has 2 saturated heterocycles. The minimum absolute atomic E-state index is 0.292. The van der Waals surface area contributed by atoms with Crippen LogP contribution in [0.3, 0.4) is 0 Å². The van der Waals surface area contributed by atoms with Gasteiger partial charge in [0.15, 0.2) is 0 Å². The van der Waals surface area contributed by atoms with Gasteiger partial charge in [0.2, 0.25) is 0 Å². The predicted molar refractivity (Wildman–Crippen MR) is 87.0 cm³/mol. The van der Waals surface area contributed by atoms with Gasteiger partial charge in [-0.25, -0.2) is 0 Å². The number of carboxylic acids is 2. The number of aliphatic hydroxyl groups excluding tert-OH is 3. The van der Waals surface area contributed by atoms with Crippen molar-refractivity contribution in [2.45, 2.75) is 31.8 Å². The van der Waals surface area contributed by atoms with Crippen molar-refractivity contribution in [2.75, 3.05) is 46.0 Å². The van der Waals surface area contributed by atoms with Gasteiger partial charge in [0.25, 0.3) is 0 Å². The molecule has 0 spiro atoms. The summed E-state index contributed by atoms with van der Waals surface area (Å²) in [4.78, 5) is 26.7. The maximum atomic E-state index is 11.5. The van der Waals surface area contributed by atoms with Gasteiger partial charge in [-0.1, -0.05) is 6.92 Å². The molecule has 25 heavy (non-hydrogen) atoms. The number of rotatable bonds is 12. The Hall–Kier alpha value is -1.26. The highest BCUT2D eigenvalue weighted by atomic mass is 16.4. The molecule has 0 radical (unpaired) electrons. The summed E-state index contributed by atoms with van der Waals surface area (Å²) < 4.78 is 0. The Balaban J connectivity index is 2.57. The Morgan fingerprint density at radius 2 is 1.20 bits per heavy atom. The van der Waals surface area contributed by atoms with Crippen LogP contribution in [0.1, 0.15) is 19.8 Å². The second kappa shape index (κ2) is 7.55. The highest BCUT2D eigenvalue weighted by Crippen LogP contribution is 2.52. The van der Waals surface area contributed by atoms with Crippen molar-refractivity contribution in [3.05, 3.63) is 0 Å². The molecule has 2 atom stereocenters. The topological polar surface area (TPSA) is 141 Å². The van der Waals surface area contributed by atoms with Crippen LogP contribution >= 0.6 is 0 Å². The van der Waals surface area contributed by atoms with Gasteiger partial charge in [-0.3, -0.25) is 19.4 Å². The van der Waals surface area contributed by atoms with E-state index in [0.29, 0.717) is 26.2 Å². The largest absolute Gasteiger partial charge is 0.481 e. The maximum absolute atomic E-state index is 11.5. The van der Waals surface area contributed by atoms with Crippen molar-refractivity contribution in [3.63, 3.8) is 0 Å². The lowest BCUT2D eigenvalue weighted by molar-refractivity contribution is -0.161. The lowest BCUT2D eigenvalue weighted by Gasteiger charge is -2.55. The minimum Gasteiger partial charge on any atom is -0.481 e. The van der Waals surface area contributed by atoms with Crippen molar-refractivity contribution < 1.29 is 35.1 Å². The highest BCUT2D eigenvalue weighted by molar-refractivity contribution is 5.69. The molecule has 0 aliphatic carbocycles. The molecule has 0 bridgehead atoms. The zero-order valence-corrected chi connectivity index (χ0v) is 14.5. The van der Waals surface area contributed by atoms with Crippen LogP contribution in [0, 0.1) is 10.8 Å². The molecule has 9 heteroatoms. The summed E-state index contributed by atoms with van der Waals surface area (Å²) in [5, 5.41) is 49.2. The lowest BCUT2D eigenvalue weighted by Crippen LogP contribution is -2.65. The van der Waals surface area contributed by atoms with E-state index in [4.69, 9.17) is 0 Å². The van der Waals surface area contributed by atoms with Crippen molar-refractivity contribution in [2.24, 2.45) is 10.8 Å². The molecular formula is C16H28N2O7. The van der Waals surface area contributed by atoms with Crippen LogP contribution < -0.4 is 0 Å². The molecule has 2 aliphatic rings. The summed E-state index contributed by atoms with van der Waals surface area (Å²) in [6.07, 6.45) is -0.583. The number of nitrogens with zero attached hydrogens (tertiary/aromatic N) is 2. The normalized spacial score (nSPS) is 22.9. The Morgan fingerprint density at radius 1 is 0.840 bits per heavy atom. The molecule has 2 unspecified atom stereocenters. The Morgan fingerprint density at radius 3 is 1.40 bits per heavy atom.